The van der Waals surface area contributed by atoms with Crippen molar-refractivity contribution in [2.75, 3.05) is 0 Å². The van der Waals surface area contributed by atoms with Gasteiger partial charge in [0.2, 0.25) is 0 Å². The summed E-state index contributed by atoms with van der Waals surface area (Å²) < 4.78 is 0. The van der Waals surface area contributed by atoms with E-state index in [0.717, 1.165) is 5.92 Å². The number of carbonyl (C=O) groups is 1. The third-order valence-corrected chi connectivity index (χ3v) is 4.12. The van der Waals surface area contributed by atoms with E-state index >= 15 is 0 Å². The number of aliphatic carboxylic acids is 1. The zero-order valence-corrected chi connectivity index (χ0v) is 8.70. The van der Waals surface area contributed by atoms with Gasteiger partial charge in [-0.2, -0.15) is 0 Å². The van der Waals surface area contributed by atoms with E-state index < -0.39 is 5.97 Å². The average molecular weight is 194 g/mol. The zero-order valence-electron chi connectivity index (χ0n) is 8.70. The lowest BCUT2D eigenvalue weighted by Crippen LogP contribution is -2.12. The van der Waals surface area contributed by atoms with Crippen LogP contribution in [0.2, 0.25) is 0 Å². The molecule has 2 aliphatic rings. The minimum atomic E-state index is -0.725. The van der Waals surface area contributed by atoms with Gasteiger partial charge in [0.25, 0.3) is 0 Å². The van der Waals surface area contributed by atoms with Crippen LogP contribution in [0, 0.1) is 17.3 Å². The van der Waals surface area contributed by atoms with E-state index in [9.17, 15) is 4.79 Å². The molecule has 0 saturated heterocycles. The van der Waals surface area contributed by atoms with Gasteiger partial charge in [0.15, 0.2) is 0 Å². The molecule has 0 aromatic carbocycles. The lowest BCUT2D eigenvalue weighted by atomic mass is 9.86. The largest absolute Gasteiger partial charge is 0.481 e. The maximum absolute atomic E-state index is 10.4. The first kappa shape index (κ1) is 9.75. The molecular formula is C12H18O2. The van der Waals surface area contributed by atoms with Crippen LogP contribution in [0.4, 0.5) is 0 Å². The van der Waals surface area contributed by atoms with Crippen LogP contribution in [0.25, 0.3) is 0 Å². The number of carboxylic acids is 1. The van der Waals surface area contributed by atoms with E-state index in [1.165, 1.54) is 25.7 Å². The van der Waals surface area contributed by atoms with E-state index in [0.29, 0.717) is 11.3 Å². The molecule has 2 heteroatoms. The molecule has 2 nitrogen and oxygen atoms in total. The molecule has 2 rings (SSSR count). The fraction of sp³-hybridized carbons (Fsp3) is 0.750. The highest BCUT2D eigenvalue weighted by Gasteiger charge is 2.55. The lowest BCUT2D eigenvalue weighted by Gasteiger charge is -2.18. The molecule has 2 unspecified atom stereocenters. The van der Waals surface area contributed by atoms with Crippen molar-refractivity contribution in [3.63, 3.8) is 0 Å². The smallest absolute Gasteiger partial charge is 0.307 e. The van der Waals surface area contributed by atoms with Crippen LogP contribution in [0.5, 0.6) is 0 Å². The molecule has 2 fully saturated rings. The number of rotatable bonds is 3. The van der Waals surface area contributed by atoms with Gasteiger partial charge in [0.1, 0.15) is 0 Å². The topological polar surface area (TPSA) is 37.3 Å². The standard InChI is InChI=1S/C12H18O2/c1-9-5-6-10(12(9)7-8-12)3-2-4-11(13)14/h2-3,9-10H,4-8H2,1H3,(H,13,14). The third kappa shape index (κ3) is 1.58. The first-order valence-electron chi connectivity index (χ1n) is 5.53. The van der Waals surface area contributed by atoms with E-state index in [2.05, 4.69) is 13.0 Å². The fourth-order valence-electron chi connectivity index (χ4n) is 3.00. The second kappa shape index (κ2) is 3.41. The summed E-state index contributed by atoms with van der Waals surface area (Å²) in [7, 11) is 0. The molecule has 0 amide bonds. The quantitative estimate of drug-likeness (QED) is 0.701. The molecule has 2 aliphatic carbocycles. The van der Waals surface area contributed by atoms with Crippen molar-refractivity contribution in [2.45, 2.75) is 39.0 Å². The molecule has 0 radical (unpaired) electrons. The molecule has 14 heavy (non-hydrogen) atoms. The maximum atomic E-state index is 10.4. The Balaban J connectivity index is 1.93. The van der Waals surface area contributed by atoms with E-state index in [1.54, 1.807) is 0 Å². The van der Waals surface area contributed by atoms with Crippen LogP contribution in [0.1, 0.15) is 39.0 Å². The second-order valence-electron chi connectivity index (χ2n) is 4.84. The van der Waals surface area contributed by atoms with Crippen molar-refractivity contribution in [2.24, 2.45) is 17.3 Å². The average Bonchev–Trinajstić information content (AvgIpc) is 2.84. The fourth-order valence-corrected chi connectivity index (χ4v) is 3.00. The summed E-state index contributed by atoms with van der Waals surface area (Å²) >= 11 is 0. The SMILES string of the molecule is CC1CCC(C=CCC(=O)O)C12CC2. The Hall–Kier alpha value is -0.790. The van der Waals surface area contributed by atoms with Crippen molar-refractivity contribution in [1.82, 2.24) is 0 Å². The van der Waals surface area contributed by atoms with E-state index in [4.69, 9.17) is 5.11 Å². The first-order chi connectivity index (χ1) is 6.65. The molecule has 0 aromatic heterocycles. The van der Waals surface area contributed by atoms with Crippen molar-refractivity contribution in [3.05, 3.63) is 12.2 Å². The molecule has 0 aliphatic heterocycles. The molecular weight excluding hydrogens is 176 g/mol. The summed E-state index contributed by atoms with van der Waals surface area (Å²) in [6.45, 7) is 2.35. The normalized spacial score (nSPS) is 34.1. The summed E-state index contributed by atoms with van der Waals surface area (Å²) in [5.41, 5.74) is 0.578. The van der Waals surface area contributed by atoms with Crippen LogP contribution in [0.15, 0.2) is 12.2 Å². The van der Waals surface area contributed by atoms with Gasteiger partial charge in [-0.1, -0.05) is 19.1 Å². The van der Waals surface area contributed by atoms with Crippen molar-refractivity contribution >= 4 is 5.97 Å². The van der Waals surface area contributed by atoms with Crippen molar-refractivity contribution < 1.29 is 9.90 Å². The van der Waals surface area contributed by atoms with Crippen molar-refractivity contribution in [1.29, 1.82) is 0 Å². The maximum Gasteiger partial charge on any atom is 0.307 e. The molecule has 0 aromatic rings. The number of hydrogen-bond acceptors (Lipinski definition) is 1. The molecule has 1 spiro atoms. The van der Waals surface area contributed by atoms with Gasteiger partial charge >= 0.3 is 5.97 Å². The van der Waals surface area contributed by atoms with Gasteiger partial charge in [-0.15, -0.1) is 0 Å². The van der Waals surface area contributed by atoms with Crippen LogP contribution in [-0.4, -0.2) is 11.1 Å². The number of hydrogen-bond donors (Lipinski definition) is 1. The number of allylic oxidation sites excluding steroid dienone is 1. The van der Waals surface area contributed by atoms with Crippen molar-refractivity contribution in [3.8, 4) is 0 Å². The van der Waals surface area contributed by atoms with Crippen LogP contribution in [0.3, 0.4) is 0 Å². The van der Waals surface area contributed by atoms with Crippen LogP contribution >= 0.6 is 0 Å². The minimum absolute atomic E-state index is 0.182. The first-order valence-corrected chi connectivity index (χ1v) is 5.53. The summed E-state index contributed by atoms with van der Waals surface area (Å²) in [5, 5.41) is 8.53. The minimum Gasteiger partial charge on any atom is -0.481 e. The predicted octanol–water partition coefficient (Wildman–Crippen LogP) is 2.84. The monoisotopic (exact) mass is 194 g/mol. The lowest BCUT2D eigenvalue weighted by molar-refractivity contribution is -0.136. The predicted molar refractivity (Wildman–Crippen MR) is 54.9 cm³/mol. The highest BCUT2D eigenvalue weighted by molar-refractivity contribution is 5.68. The molecule has 0 heterocycles. The van der Waals surface area contributed by atoms with Gasteiger partial charge in [0, 0.05) is 0 Å². The Morgan fingerprint density at radius 1 is 1.50 bits per heavy atom. The van der Waals surface area contributed by atoms with E-state index in [-0.39, 0.29) is 6.42 Å². The molecule has 0 bridgehead atoms. The van der Waals surface area contributed by atoms with Gasteiger partial charge < -0.3 is 5.11 Å². The Kier molecular flexibility index (Phi) is 2.38. The van der Waals surface area contributed by atoms with Gasteiger partial charge in [-0.25, -0.2) is 0 Å². The Labute approximate surface area is 85.0 Å². The Morgan fingerprint density at radius 2 is 2.21 bits per heavy atom. The molecule has 1 N–H and O–H groups in total. The van der Waals surface area contributed by atoms with Gasteiger partial charge in [-0.05, 0) is 42.9 Å². The summed E-state index contributed by atoms with van der Waals surface area (Å²) in [6.07, 6.45) is 9.47. The highest BCUT2D eigenvalue weighted by atomic mass is 16.4. The summed E-state index contributed by atoms with van der Waals surface area (Å²) in [4.78, 5) is 10.4. The third-order valence-electron chi connectivity index (χ3n) is 4.12. The Bertz CT molecular complexity index is 263. The Morgan fingerprint density at radius 3 is 2.79 bits per heavy atom. The van der Waals surface area contributed by atoms with Gasteiger partial charge in [-0.3, -0.25) is 4.79 Å². The molecule has 2 saturated carbocycles. The summed E-state index contributed by atoms with van der Waals surface area (Å²) in [6, 6.07) is 0. The molecule has 2 atom stereocenters. The summed E-state index contributed by atoms with van der Waals surface area (Å²) in [5.74, 6) is 0.788. The van der Waals surface area contributed by atoms with Crippen LogP contribution < -0.4 is 0 Å². The second-order valence-corrected chi connectivity index (χ2v) is 4.84. The van der Waals surface area contributed by atoms with Gasteiger partial charge in [0.05, 0.1) is 6.42 Å². The van der Waals surface area contributed by atoms with Crippen LogP contribution in [-0.2, 0) is 4.79 Å². The zero-order chi connectivity index (χ0) is 10.2. The van der Waals surface area contributed by atoms with E-state index in [1.807, 2.05) is 6.08 Å². The highest BCUT2D eigenvalue weighted by Crippen LogP contribution is 2.64. The number of carboxylic acid groups (broad SMARTS) is 1. The molecule has 78 valence electrons.